The average molecular weight is 414 g/mol. The zero-order valence-electron chi connectivity index (χ0n) is 16.6. The number of aryl methyl sites for hydroxylation is 1. The largest absolute Gasteiger partial charge is 0.481 e. The van der Waals surface area contributed by atoms with Crippen LogP contribution in [0.1, 0.15) is 19.4 Å². The Kier molecular flexibility index (Phi) is 4.42. The van der Waals surface area contributed by atoms with Crippen molar-refractivity contribution in [3.05, 3.63) is 46.5 Å². The van der Waals surface area contributed by atoms with Crippen molar-refractivity contribution in [3.63, 3.8) is 0 Å². The zero-order chi connectivity index (χ0) is 21.1. The fraction of sp³-hybridized carbons (Fsp3) is 0.333. The Bertz CT molecular complexity index is 1310. The van der Waals surface area contributed by atoms with Crippen LogP contribution in [-0.2, 0) is 28.1 Å². The Morgan fingerprint density at radius 1 is 1.21 bits per heavy atom. The number of pyridine rings is 1. The molecule has 0 fully saturated rings. The number of carbonyl (C=O) groups is 1. The van der Waals surface area contributed by atoms with Crippen LogP contribution in [-0.4, -0.2) is 36.1 Å². The Hall–Kier alpha value is -2.87. The van der Waals surface area contributed by atoms with Gasteiger partial charge in [-0.1, -0.05) is 13.8 Å². The van der Waals surface area contributed by atoms with Crippen molar-refractivity contribution >= 4 is 26.5 Å². The number of benzene rings is 1. The molecule has 0 spiro atoms. The van der Waals surface area contributed by atoms with E-state index in [0.29, 0.717) is 33.3 Å². The van der Waals surface area contributed by atoms with E-state index in [1.807, 2.05) is 13.8 Å². The lowest BCUT2D eigenvalue weighted by Gasteiger charge is -2.30. The van der Waals surface area contributed by atoms with Crippen LogP contribution in [0.15, 0.2) is 40.3 Å². The first-order valence-corrected chi connectivity index (χ1v) is 11.2. The number of aromatic amines is 1. The van der Waals surface area contributed by atoms with Gasteiger partial charge in [-0.2, -0.15) is 0 Å². The molecule has 3 aromatic rings. The van der Waals surface area contributed by atoms with Crippen LogP contribution in [0.3, 0.4) is 0 Å². The van der Waals surface area contributed by atoms with Crippen molar-refractivity contribution in [3.8, 4) is 16.9 Å². The van der Waals surface area contributed by atoms with Gasteiger partial charge < -0.3 is 14.3 Å². The first-order chi connectivity index (χ1) is 13.6. The van der Waals surface area contributed by atoms with Crippen molar-refractivity contribution in [1.29, 1.82) is 0 Å². The second kappa shape index (κ2) is 6.59. The second-order valence-corrected chi connectivity index (χ2v) is 9.90. The molecule has 1 atom stereocenters. The maximum absolute atomic E-state index is 12.6. The molecule has 2 aromatic heterocycles. The molecule has 3 heterocycles. The van der Waals surface area contributed by atoms with E-state index in [2.05, 4.69) is 4.98 Å². The summed E-state index contributed by atoms with van der Waals surface area (Å²) >= 11 is 0. The van der Waals surface area contributed by atoms with Crippen molar-refractivity contribution in [2.75, 3.05) is 6.26 Å². The van der Waals surface area contributed by atoms with E-state index in [-0.39, 0.29) is 28.6 Å². The highest BCUT2D eigenvalue weighted by molar-refractivity contribution is 7.90. The van der Waals surface area contributed by atoms with Crippen molar-refractivity contribution < 1.29 is 17.9 Å². The standard InChI is InChI=1S/C21H22N2O5S/c1-11(2)19-17(24)8-12-7-13(29(4,26)27)9-15(20(12)28-19)16-10-23(3)21(25)18-14(16)5-6-22-18/h5-7,9-11,19,22H,8H2,1-4H3/t19-/m1/s1. The van der Waals surface area contributed by atoms with E-state index in [9.17, 15) is 18.0 Å². The summed E-state index contributed by atoms with van der Waals surface area (Å²) in [6.07, 6.45) is 3.98. The molecule has 1 aliphatic rings. The van der Waals surface area contributed by atoms with E-state index >= 15 is 0 Å². The number of carbonyl (C=O) groups excluding carboxylic acids is 1. The third kappa shape index (κ3) is 3.17. The molecule has 8 heteroatoms. The summed E-state index contributed by atoms with van der Waals surface area (Å²) in [5, 5.41) is 0.669. The van der Waals surface area contributed by atoms with E-state index < -0.39 is 15.9 Å². The smallest absolute Gasteiger partial charge is 0.274 e. The number of aromatic nitrogens is 2. The van der Waals surface area contributed by atoms with E-state index in [0.717, 1.165) is 6.26 Å². The highest BCUT2D eigenvalue weighted by atomic mass is 32.2. The number of nitrogens with zero attached hydrogens (tertiary/aromatic N) is 1. The topological polar surface area (TPSA) is 98.2 Å². The quantitative estimate of drug-likeness (QED) is 0.710. The average Bonchev–Trinajstić information content (AvgIpc) is 3.12. The fourth-order valence-electron chi connectivity index (χ4n) is 3.82. The lowest BCUT2D eigenvalue weighted by atomic mass is 9.91. The third-order valence-electron chi connectivity index (χ3n) is 5.28. The lowest BCUT2D eigenvalue weighted by Crippen LogP contribution is -2.37. The first-order valence-electron chi connectivity index (χ1n) is 9.31. The van der Waals surface area contributed by atoms with Gasteiger partial charge in [-0.25, -0.2) is 8.42 Å². The number of hydrogen-bond acceptors (Lipinski definition) is 5. The highest BCUT2D eigenvalue weighted by Gasteiger charge is 2.33. The number of H-pyrrole nitrogens is 1. The Balaban J connectivity index is 2.08. The van der Waals surface area contributed by atoms with Crippen molar-refractivity contribution in [1.82, 2.24) is 9.55 Å². The van der Waals surface area contributed by atoms with Gasteiger partial charge in [0.15, 0.2) is 21.7 Å². The lowest BCUT2D eigenvalue weighted by molar-refractivity contribution is -0.128. The van der Waals surface area contributed by atoms with Crippen LogP contribution < -0.4 is 10.3 Å². The number of Topliss-reactive ketones (excluding diaryl/α,β-unsaturated/α-hetero) is 1. The summed E-state index contributed by atoms with van der Waals surface area (Å²) in [4.78, 5) is 28.0. The minimum Gasteiger partial charge on any atom is -0.481 e. The van der Waals surface area contributed by atoms with Crippen LogP contribution >= 0.6 is 0 Å². The van der Waals surface area contributed by atoms with Crippen LogP contribution in [0.4, 0.5) is 0 Å². The molecule has 0 unspecified atom stereocenters. The molecule has 0 bridgehead atoms. The summed E-state index contributed by atoms with van der Waals surface area (Å²) in [5.74, 6) is 0.402. The summed E-state index contributed by atoms with van der Waals surface area (Å²) in [6, 6.07) is 4.85. The zero-order valence-corrected chi connectivity index (χ0v) is 17.5. The minimum atomic E-state index is -3.52. The van der Waals surface area contributed by atoms with Crippen LogP contribution in [0.25, 0.3) is 22.0 Å². The summed E-state index contributed by atoms with van der Waals surface area (Å²) in [6.45, 7) is 3.82. The molecule has 1 aliphatic heterocycles. The van der Waals surface area contributed by atoms with Gasteiger partial charge in [0.05, 0.1) is 4.90 Å². The molecule has 1 aromatic carbocycles. The molecule has 0 amide bonds. The molecule has 0 saturated carbocycles. The molecule has 7 nitrogen and oxygen atoms in total. The van der Waals surface area contributed by atoms with Gasteiger partial charge >= 0.3 is 0 Å². The second-order valence-electron chi connectivity index (χ2n) is 7.88. The number of hydrogen-bond donors (Lipinski definition) is 1. The predicted octanol–water partition coefficient (Wildman–Crippen LogP) is 2.47. The van der Waals surface area contributed by atoms with Gasteiger partial charge in [0.1, 0.15) is 11.3 Å². The number of sulfone groups is 1. The normalized spacial score (nSPS) is 16.9. The van der Waals surface area contributed by atoms with Crippen LogP contribution in [0.5, 0.6) is 5.75 Å². The third-order valence-corrected chi connectivity index (χ3v) is 6.38. The Morgan fingerprint density at radius 2 is 1.93 bits per heavy atom. The van der Waals surface area contributed by atoms with Crippen molar-refractivity contribution in [2.45, 2.75) is 31.3 Å². The van der Waals surface area contributed by atoms with E-state index in [1.165, 1.54) is 10.6 Å². The molecular weight excluding hydrogens is 392 g/mol. The predicted molar refractivity (Wildman–Crippen MR) is 110 cm³/mol. The number of rotatable bonds is 3. The van der Waals surface area contributed by atoms with E-state index in [1.54, 1.807) is 31.6 Å². The number of nitrogens with one attached hydrogen (secondary N) is 1. The minimum absolute atomic E-state index is 0.0227. The molecule has 1 N–H and O–H groups in total. The summed E-state index contributed by atoms with van der Waals surface area (Å²) < 4.78 is 32.2. The molecule has 29 heavy (non-hydrogen) atoms. The molecule has 152 valence electrons. The highest BCUT2D eigenvalue weighted by Crippen LogP contribution is 2.42. The van der Waals surface area contributed by atoms with E-state index in [4.69, 9.17) is 4.74 Å². The van der Waals surface area contributed by atoms with Gasteiger partial charge in [0.25, 0.3) is 5.56 Å². The molecule has 4 rings (SSSR count). The van der Waals surface area contributed by atoms with Gasteiger partial charge in [0, 0.05) is 54.2 Å². The number of ether oxygens (including phenoxy) is 1. The maximum atomic E-state index is 12.6. The van der Waals surface area contributed by atoms with Crippen LogP contribution in [0.2, 0.25) is 0 Å². The van der Waals surface area contributed by atoms with Gasteiger partial charge in [-0.3, -0.25) is 9.59 Å². The fourth-order valence-corrected chi connectivity index (χ4v) is 4.51. The molecular formula is C21H22N2O5S. The molecule has 0 aliphatic carbocycles. The van der Waals surface area contributed by atoms with Gasteiger partial charge in [0.2, 0.25) is 0 Å². The summed E-state index contributed by atoms with van der Waals surface area (Å²) in [7, 11) is -1.88. The van der Waals surface area contributed by atoms with Gasteiger partial charge in [-0.15, -0.1) is 0 Å². The van der Waals surface area contributed by atoms with Crippen LogP contribution in [0, 0.1) is 5.92 Å². The Labute approximate surface area is 168 Å². The van der Waals surface area contributed by atoms with Gasteiger partial charge in [-0.05, 0) is 24.1 Å². The number of ketones is 1. The molecule has 0 radical (unpaired) electrons. The molecule has 0 saturated heterocycles. The number of fused-ring (bicyclic) bond motifs is 2. The monoisotopic (exact) mass is 414 g/mol. The van der Waals surface area contributed by atoms with Crippen molar-refractivity contribution in [2.24, 2.45) is 13.0 Å². The Morgan fingerprint density at radius 3 is 2.59 bits per heavy atom. The maximum Gasteiger partial charge on any atom is 0.274 e. The SMILES string of the molecule is CC(C)[C@H]1Oc2c(cc(S(C)(=O)=O)cc2-c2cn(C)c(=O)c3[nH]ccc23)CC1=O. The summed E-state index contributed by atoms with van der Waals surface area (Å²) in [5.41, 5.74) is 2.01. The first kappa shape index (κ1) is 19.4.